The van der Waals surface area contributed by atoms with E-state index in [1.807, 2.05) is 59.7 Å². The minimum atomic E-state index is -0.0974. The highest BCUT2D eigenvalue weighted by Gasteiger charge is 2.17. The average molecular weight is 430 g/mol. The molecular weight excluding hydrogens is 398 g/mol. The number of para-hydroxylation sites is 1. The number of hydrogen-bond acceptors (Lipinski definition) is 5. The number of ether oxygens (including phenoxy) is 2. The number of nitrogens with one attached hydrogen (secondary N) is 1. The van der Waals surface area contributed by atoms with Crippen LogP contribution in [-0.4, -0.2) is 68.6 Å². The lowest BCUT2D eigenvalue weighted by molar-refractivity contribution is 0.0365. The Morgan fingerprint density at radius 3 is 2.60 bits per heavy atom. The molecule has 2 amide bonds. The lowest BCUT2D eigenvalue weighted by Gasteiger charge is -2.28. The molecule has 1 N–H and O–H groups in total. The van der Waals surface area contributed by atoms with Crippen LogP contribution in [0.2, 0.25) is 0 Å². The molecule has 1 fully saturated rings. The van der Waals surface area contributed by atoms with Crippen molar-refractivity contribution in [3.8, 4) is 5.75 Å². The van der Waals surface area contributed by atoms with E-state index in [-0.39, 0.29) is 6.03 Å². The van der Waals surface area contributed by atoms with Crippen molar-refractivity contribution in [1.29, 1.82) is 0 Å². The van der Waals surface area contributed by atoms with Crippen LogP contribution >= 0.6 is 11.8 Å². The normalized spacial score (nSPS) is 14.3. The van der Waals surface area contributed by atoms with Gasteiger partial charge in [-0.1, -0.05) is 18.2 Å². The van der Waals surface area contributed by atoms with Gasteiger partial charge in [-0.25, -0.2) is 4.79 Å². The van der Waals surface area contributed by atoms with Crippen molar-refractivity contribution >= 4 is 23.5 Å². The Morgan fingerprint density at radius 1 is 1.17 bits per heavy atom. The minimum Gasteiger partial charge on any atom is -0.496 e. The van der Waals surface area contributed by atoms with Gasteiger partial charge in [-0.05, 0) is 43.0 Å². The zero-order valence-electron chi connectivity index (χ0n) is 17.8. The molecule has 1 aliphatic heterocycles. The average Bonchev–Trinajstić information content (AvgIpc) is 2.80. The number of nitrogens with zero attached hydrogens (tertiary/aromatic N) is 2. The highest BCUT2D eigenvalue weighted by molar-refractivity contribution is 7.98. The van der Waals surface area contributed by atoms with Crippen LogP contribution in [0.1, 0.15) is 12.0 Å². The standard InChI is InChI=1S/C23H31N3O3S/c1-28-22-7-4-3-6-19(22)18-26(13-5-12-25-14-16-29-17-15-25)23(27)24-20-8-10-21(30-2)11-9-20/h3-4,6-11H,5,12-18H2,1-2H3,(H,24,27). The lowest BCUT2D eigenvalue weighted by Crippen LogP contribution is -2.40. The molecule has 0 aromatic heterocycles. The van der Waals surface area contributed by atoms with Gasteiger partial charge in [-0.15, -0.1) is 11.8 Å². The van der Waals surface area contributed by atoms with Gasteiger partial charge >= 0.3 is 6.03 Å². The van der Waals surface area contributed by atoms with Gasteiger partial charge < -0.3 is 19.7 Å². The third-order valence-corrected chi connectivity index (χ3v) is 5.93. The third kappa shape index (κ3) is 6.65. The Kier molecular flexibility index (Phi) is 8.86. The summed E-state index contributed by atoms with van der Waals surface area (Å²) in [7, 11) is 1.66. The maximum absolute atomic E-state index is 13.1. The van der Waals surface area contributed by atoms with E-state index < -0.39 is 0 Å². The molecule has 2 aromatic rings. The minimum absolute atomic E-state index is 0.0974. The van der Waals surface area contributed by atoms with Gasteiger partial charge in [0, 0.05) is 42.3 Å². The molecule has 162 valence electrons. The number of hydrogen-bond donors (Lipinski definition) is 1. The van der Waals surface area contributed by atoms with Gasteiger partial charge in [0.05, 0.1) is 26.9 Å². The highest BCUT2D eigenvalue weighted by atomic mass is 32.2. The van der Waals surface area contributed by atoms with E-state index in [2.05, 4.69) is 10.2 Å². The Bertz CT molecular complexity index is 795. The van der Waals surface area contributed by atoms with E-state index in [1.165, 1.54) is 4.90 Å². The van der Waals surface area contributed by atoms with E-state index in [0.717, 1.165) is 56.3 Å². The van der Waals surface area contributed by atoms with E-state index >= 15 is 0 Å². The molecule has 2 aromatic carbocycles. The molecule has 1 aliphatic rings. The first-order chi connectivity index (χ1) is 14.7. The predicted octanol–water partition coefficient (Wildman–Crippen LogP) is 4.17. The molecular formula is C23H31N3O3S. The van der Waals surface area contributed by atoms with E-state index in [1.54, 1.807) is 18.9 Å². The summed E-state index contributed by atoms with van der Waals surface area (Å²) in [6.45, 7) is 5.63. The summed E-state index contributed by atoms with van der Waals surface area (Å²) in [5.41, 5.74) is 1.80. The topological polar surface area (TPSA) is 54.0 Å². The van der Waals surface area contributed by atoms with Crippen LogP contribution in [0, 0.1) is 0 Å². The number of amides is 2. The molecule has 1 heterocycles. The third-order valence-electron chi connectivity index (χ3n) is 5.19. The quantitative estimate of drug-likeness (QED) is 0.606. The number of morpholine rings is 1. The van der Waals surface area contributed by atoms with Gasteiger partial charge in [-0.2, -0.15) is 0 Å². The van der Waals surface area contributed by atoms with Gasteiger partial charge in [0.1, 0.15) is 5.75 Å². The number of methoxy groups -OCH3 is 1. The van der Waals surface area contributed by atoms with E-state index in [4.69, 9.17) is 9.47 Å². The van der Waals surface area contributed by atoms with Crippen molar-refractivity contribution in [3.63, 3.8) is 0 Å². The second kappa shape index (κ2) is 11.8. The SMILES string of the molecule is COc1ccccc1CN(CCCN1CCOCC1)C(=O)Nc1ccc(SC)cc1. The highest BCUT2D eigenvalue weighted by Crippen LogP contribution is 2.21. The molecule has 0 radical (unpaired) electrons. The number of urea groups is 1. The first-order valence-corrected chi connectivity index (χ1v) is 11.5. The fraction of sp³-hybridized carbons (Fsp3) is 0.435. The van der Waals surface area contributed by atoms with Crippen LogP contribution in [-0.2, 0) is 11.3 Å². The van der Waals surface area contributed by atoms with Crippen molar-refractivity contribution in [2.24, 2.45) is 0 Å². The van der Waals surface area contributed by atoms with Crippen molar-refractivity contribution in [2.45, 2.75) is 17.9 Å². The zero-order chi connectivity index (χ0) is 21.2. The number of benzene rings is 2. The summed E-state index contributed by atoms with van der Waals surface area (Å²) >= 11 is 1.68. The van der Waals surface area contributed by atoms with Crippen molar-refractivity contribution in [2.75, 3.05) is 58.1 Å². The summed E-state index contributed by atoms with van der Waals surface area (Å²) in [6, 6.07) is 15.7. The molecule has 7 heteroatoms. The van der Waals surface area contributed by atoms with Crippen molar-refractivity contribution in [1.82, 2.24) is 9.80 Å². The maximum atomic E-state index is 13.1. The van der Waals surface area contributed by atoms with Gasteiger partial charge in [0.25, 0.3) is 0 Å². The molecule has 3 rings (SSSR count). The van der Waals surface area contributed by atoms with Gasteiger partial charge in [0.15, 0.2) is 0 Å². The maximum Gasteiger partial charge on any atom is 0.322 e. The van der Waals surface area contributed by atoms with Crippen LogP contribution in [0.25, 0.3) is 0 Å². The fourth-order valence-electron chi connectivity index (χ4n) is 3.48. The summed E-state index contributed by atoms with van der Waals surface area (Å²) in [4.78, 5) is 18.5. The Hall–Kier alpha value is -2.22. The molecule has 0 aliphatic carbocycles. The number of carbonyl (C=O) groups excluding carboxylic acids is 1. The fourth-order valence-corrected chi connectivity index (χ4v) is 3.89. The van der Waals surface area contributed by atoms with Crippen LogP contribution < -0.4 is 10.1 Å². The van der Waals surface area contributed by atoms with E-state index in [9.17, 15) is 4.79 Å². The molecule has 30 heavy (non-hydrogen) atoms. The molecule has 0 unspecified atom stereocenters. The zero-order valence-corrected chi connectivity index (χ0v) is 18.6. The van der Waals surface area contributed by atoms with Crippen LogP contribution in [0.3, 0.4) is 0 Å². The summed E-state index contributed by atoms with van der Waals surface area (Å²) in [6.07, 6.45) is 2.95. The molecule has 1 saturated heterocycles. The Balaban J connectivity index is 1.65. The summed E-state index contributed by atoms with van der Waals surface area (Å²) < 4.78 is 10.9. The number of carbonyl (C=O) groups is 1. The number of anilines is 1. The van der Waals surface area contributed by atoms with Crippen molar-refractivity contribution in [3.05, 3.63) is 54.1 Å². The lowest BCUT2D eigenvalue weighted by atomic mass is 10.2. The van der Waals surface area contributed by atoms with Crippen LogP contribution in [0.4, 0.5) is 10.5 Å². The molecule has 6 nitrogen and oxygen atoms in total. The number of thioether (sulfide) groups is 1. The van der Waals surface area contributed by atoms with Crippen molar-refractivity contribution < 1.29 is 14.3 Å². The Morgan fingerprint density at radius 2 is 1.90 bits per heavy atom. The molecule has 0 atom stereocenters. The summed E-state index contributed by atoms with van der Waals surface area (Å²) in [5, 5.41) is 3.04. The van der Waals surface area contributed by atoms with Gasteiger partial charge in [0.2, 0.25) is 0 Å². The van der Waals surface area contributed by atoms with Crippen LogP contribution in [0.5, 0.6) is 5.75 Å². The monoisotopic (exact) mass is 429 g/mol. The first kappa shape index (κ1) is 22.5. The largest absolute Gasteiger partial charge is 0.496 e. The van der Waals surface area contributed by atoms with Gasteiger partial charge in [-0.3, -0.25) is 4.90 Å². The smallest absolute Gasteiger partial charge is 0.322 e. The second-order valence-corrected chi connectivity index (χ2v) is 8.08. The summed E-state index contributed by atoms with van der Waals surface area (Å²) in [5.74, 6) is 0.799. The predicted molar refractivity (Wildman–Crippen MR) is 123 cm³/mol. The van der Waals surface area contributed by atoms with E-state index in [0.29, 0.717) is 13.1 Å². The number of rotatable bonds is 9. The Labute approximate surface area is 183 Å². The molecule has 0 bridgehead atoms. The first-order valence-electron chi connectivity index (χ1n) is 10.3. The second-order valence-electron chi connectivity index (χ2n) is 7.20. The molecule has 0 spiro atoms. The molecule has 0 saturated carbocycles. The van der Waals surface area contributed by atoms with Crippen LogP contribution in [0.15, 0.2) is 53.4 Å².